The minimum atomic E-state index is -1.41. The van der Waals surface area contributed by atoms with Gasteiger partial charge in [0.2, 0.25) is 0 Å². The summed E-state index contributed by atoms with van der Waals surface area (Å²) in [5, 5.41) is 9.70. The Morgan fingerprint density at radius 3 is 2.72 bits per heavy atom. The number of nitrogens with zero attached hydrogens (tertiary/aromatic N) is 2. The molecule has 160 valence electrons. The molecule has 1 amide bonds. The number of hydrogen-bond acceptors (Lipinski definition) is 4. The van der Waals surface area contributed by atoms with Gasteiger partial charge in [-0.25, -0.2) is 4.39 Å². The summed E-state index contributed by atoms with van der Waals surface area (Å²) >= 11 is -1.41. The Morgan fingerprint density at radius 1 is 1.06 bits per heavy atom. The first-order chi connectivity index (χ1) is 15.6. The number of anilines is 2. The second-order valence-electron chi connectivity index (χ2n) is 7.39. The molecule has 6 nitrogen and oxygen atoms in total. The molecule has 1 aliphatic rings. The van der Waals surface area contributed by atoms with Gasteiger partial charge < -0.3 is 9.87 Å². The van der Waals surface area contributed by atoms with E-state index in [0.29, 0.717) is 28.5 Å². The molecule has 4 aromatic rings. The van der Waals surface area contributed by atoms with Crippen LogP contribution in [0.3, 0.4) is 0 Å². The largest absolute Gasteiger partial charge is 0.588 e. The number of hydrogen-bond donors (Lipinski definition) is 2. The maximum atomic E-state index is 13.2. The molecule has 2 N–H and O–H groups in total. The minimum Gasteiger partial charge on any atom is -0.588 e. The number of halogens is 1. The SMILES string of the molecule is O=C(Nc1cc(-c2ccc(F)cc2)n[nH]1)c1cccc([S+]([O-])N2CCc3ccccc32)c1. The van der Waals surface area contributed by atoms with Crippen molar-refractivity contribution in [1.29, 1.82) is 0 Å². The number of para-hydroxylation sites is 1. The average molecular weight is 447 g/mol. The van der Waals surface area contributed by atoms with E-state index < -0.39 is 11.4 Å². The Hall–Kier alpha value is -3.62. The Bertz CT molecular complexity index is 1280. The summed E-state index contributed by atoms with van der Waals surface area (Å²) < 4.78 is 28.2. The van der Waals surface area contributed by atoms with Crippen molar-refractivity contribution in [2.45, 2.75) is 11.3 Å². The lowest BCUT2D eigenvalue weighted by Crippen LogP contribution is -2.29. The summed E-state index contributed by atoms with van der Waals surface area (Å²) in [6, 6.07) is 22.3. The normalized spacial score (nSPS) is 13.6. The van der Waals surface area contributed by atoms with Crippen LogP contribution in [0, 0.1) is 5.82 Å². The molecule has 0 radical (unpaired) electrons. The Kier molecular flexibility index (Phi) is 5.38. The smallest absolute Gasteiger partial charge is 0.256 e. The average Bonchev–Trinajstić information content (AvgIpc) is 3.46. The van der Waals surface area contributed by atoms with Gasteiger partial charge in [0.1, 0.15) is 23.0 Å². The lowest BCUT2D eigenvalue weighted by Gasteiger charge is -2.21. The van der Waals surface area contributed by atoms with E-state index in [9.17, 15) is 13.7 Å². The minimum absolute atomic E-state index is 0.326. The molecule has 0 fully saturated rings. The molecule has 1 aliphatic heterocycles. The first-order valence-electron chi connectivity index (χ1n) is 10.1. The van der Waals surface area contributed by atoms with Crippen LogP contribution in [-0.2, 0) is 17.8 Å². The Balaban J connectivity index is 1.31. The number of rotatable bonds is 5. The topological polar surface area (TPSA) is 84.1 Å². The molecule has 1 unspecified atom stereocenters. The maximum Gasteiger partial charge on any atom is 0.256 e. The van der Waals surface area contributed by atoms with Gasteiger partial charge >= 0.3 is 0 Å². The van der Waals surface area contributed by atoms with Crippen LogP contribution >= 0.6 is 0 Å². The van der Waals surface area contributed by atoms with Crippen molar-refractivity contribution in [3.8, 4) is 11.3 Å². The molecule has 1 aromatic heterocycles. The molecule has 0 saturated carbocycles. The number of benzene rings is 3. The van der Waals surface area contributed by atoms with Crippen molar-refractivity contribution in [1.82, 2.24) is 10.2 Å². The highest BCUT2D eigenvalue weighted by molar-refractivity contribution is 7.92. The lowest BCUT2D eigenvalue weighted by molar-refractivity contribution is 0.102. The van der Waals surface area contributed by atoms with E-state index in [2.05, 4.69) is 15.5 Å². The van der Waals surface area contributed by atoms with Gasteiger partial charge in [-0.3, -0.25) is 9.89 Å². The predicted octanol–water partition coefficient (Wildman–Crippen LogP) is 4.55. The van der Waals surface area contributed by atoms with Crippen LogP contribution in [0.5, 0.6) is 0 Å². The van der Waals surface area contributed by atoms with Crippen LogP contribution in [0.25, 0.3) is 11.3 Å². The van der Waals surface area contributed by atoms with E-state index in [0.717, 1.165) is 17.7 Å². The van der Waals surface area contributed by atoms with Crippen LogP contribution in [-0.4, -0.2) is 27.2 Å². The third kappa shape index (κ3) is 3.98. The van der Waals surface area contributed by atoms with Gasteiger partial charge in [0, 0.05) is 23.3 Å². The highest BCUT2D eigenvalue weighted by atomic mass is 32.2. The first kappa shape index (κ1) is 20.3. The second-order valence-corrected chi connectivity index (χ2v) is 8.80. The predicted molar refractivity (Wildman–Crippen MR) is 122 cm³/mol. The zero-order chi connectivity index (χ0) is 22.1. The standard InChI is InChI=1S/C24H19FN4O2S/c25-19-10-8-16(9-11-19)21-15-23(28-27-21)26-24(30)18-5-3-6-20(14-18)32(31)29-13-12-17-4-1-2-7-22(17)29/h1-11,14-15H,12-13H2,(H2,26,27,28,30). The highest BCUT2D eigenvalue weighted by Crippen LogP contribution is 2.32. The van der Waals surface area contributed by atoms with Crippen LogP contribution in [0.15, 0.2) is 83.8 Å². The molecule has 32 heavy (non-hydrogen) atoms. The molecule has 0 aliphatic carbocycles. The fourth-order valence-electron chi connectivity index (χ4n) is 3.70. The molecule has 2 heterocycles. The molecule has 3 aromatic carbocycles. The number of aromatic amines is 1. The fraction of sp³-hybridized carbons (Fsp3) is 0.0833. The summed E-state index contributed by atoms with van der Waals surface area (Å²) in [5.74, 6) is -0.262. The molecule has 1 atom stereocenters. The molecule has 0 spiro atoms. The van der Waals surface area contributed by atoms with Crippen molar-refractivity contribution < 1.29 is 13.7 Å². The van der Waals surface area contributed by atoms with Gasteiger partial charge in [-0.05, 0) is 54.4 Å². The summed E-state index contributed by atoms with van der Waals surface area (Å²) in [5.41, 5.74) is 3.84. The van der Waals surface area contributed by atoms with Gasteiger partial charge in [-0.15, -0.1) is 0 Å². The van der Waals surface area contributed by atoms with E-state index in [1.54, 1.807) is 42.5 Å². The molecule has 0 bridgehead atoms. The number of aromatic nitrogens is 2. The van der Waals surface area contributed by atoms with E-state index in [1.165, 1.54) is 17.7 Å². The maximum absolute atomic E-state index is 13.2. The van der Waals surface area contributed by atoms with Crippen molar-refractivity contribution in [3.63, 3.8) is 0 Å². The van der Waals surface area contributed by atoms with Gasteiger partial charge in [-0.1, -0.05) is 24.3 Å². The molecule has 8 heteroatoms. The van der Waals surface area contributed by atoms with Gasteiger partial charge in [0.25, 0.3) is 5.91 Å². The molecular formula is C24H19FN4O2S. The molecular weight excluding hydrogens is 427 g/mol. The summed E-state index contributed by atoms with van der Waals surface area (Å²) in [7, 11) is 0. The van der Waals surface area contributed by atoms with E-state index in [4.69, 9.17) is 0 Å². The quantitative estimate of drug-likeness (QED) is 0.441. The number of H-pyrrole nitrogens is 1. The van der Waals surface area contributed by atoms with E-state index >= 15 is 0 Å². The number of amides is 1. The third-order valence-electron chi connectivity index (χ3n) is 5.31. The van der Waals surface area contributed by atoms with E-state index in [1.807, 2.05) is 28.6 Å². The van der Waals surface area contributed by atoms with Crippen molar-refractivity contribution in [3.05, 3.63) is 95.8 Å². The van der Waals surface area contributed by atoms with Gasteiger partial charge in [0.05, 0.1) is 17.9 Å². The summed E-state index contributed by atoms with van der Waals surface area (Å²) in [4.78, 5) is 13.3. The number of fused-ring (bicyclic) bond motifs is 1. The summed E-state index contributed by atoms with van der Waals surface area (Å²) in [6.45, 7) is 0.669. The molecule has 0 saturated heterocycles. The number of carbonyl (C=O) groups is 1. The number of nitrogens with one attached hydrogen (secondary N) is 2. The first-order valence-corrected chi connectivity index (χ1v) is 11.2. The zero-order valence-corrected chi connectivity index (χ0v) is 17.7. The van der Waals surface area contributed by atoms with Crippen LogP contribution in [0.1, 0.15) is 15.9 Å². The number of carbonyl (C=O) groups excluding carboxylic acids is 1. The second kappa shape index (κ2) is 8.49. The van der Waals surface area contributed by atoms with Gasteiger partial charge in [0.15, 0.2) is 4.90 Å². The van der Waals surface area contributed by atoms with Crippen LogP contribution in [0.4, 0.5) is 15.9 Å². The lowest BCUT2D eigenvalue weighted by atomic mass is 10.1. The third-order valence-corrected chi connectivity index (χ3v) is 6.75. The zero-order valence-electron chi connectivity index (χ0n) is 16.9. The molecule has 5 rings (SSSR count). The Labute approximate surface area is 187 Å². The Morgan fingerprint density at radius 2 is 1.88 bits per heavy atom. The van der Waals surface area contributed by atoms with Gasteiger partial charge in [-0.2, -0.15) is 9.40 Å². The summed E-state index contributed by atoms with van der Waals surface area (Å²) in [6.07, 6.45) is 0.846. The van der Waals surface area contributed by atoms with Crippen LogP contribution in [0.2, 0.25) is 0 Å². The fourth-order valence-corrected chi connectivity index (χ4v) is 4.99. The van der Waals surface area contributed by atoms with Crippen molar-refractivity contribution >= 4 is 28.8 Å². The van der Waals surface area contributed by atoms with Crippen molar-refractivity contribution in [2.75, 3.05) is 16.2 Å². The van der Waals surface area contributed by atoms with E-state index in [-0.39, 0.29) is 11.7 Å². The monoisotopic (exact) mass is 446 g/mol. The highest BCUT2D eigenvalue weighted by Gasteiger charge is 2.30. The van der Waals surface area contributed by atoms with Crippen LogP contribution < -0.4 is 9.62 Å². The van der Waals surface area contributed by atoms with Crippen molar-refractivity contribution in [2.24, 2.45) is 0 Å².